The van der Waals surface area contributed by atoms with Crippen LogP contribution in [-0.2, 0) is 20.8 Å². The number of hydrogen-bond donors (Lipinski definition) is 4. The van der Waals surface area contributed by atoms with Crippen LogP contribution in [-0.4, -0.2) is 42.4 Å². The summed E-state index contributed by atoms with van der Waals surface area (Å²) in [6.45, 7) is 3.46. The molecule has 1 aromatic carbocycles. The fourth-order valence-corrected chi connectivity index (χ4v) is 2.42. The molecule has 1 aromatic rings. The molecule has 1 aliphatic rings. The predicted octanol–water partition coefficient (Wildman–Crippen LogP) is 0.0920. The minimum Gasteiger partial charge on any atom is -0.352 e. The van der Waals surface area contributed by atoms with Crippen molar-refractivity contribution in [3.63, 3.8) is 0 Å². The molecule has 1 unspecified atom stereocenters. The molecule has 2 atom stereocenters. The van der Waals surface area contributed by atoms with E-state index in [2.05, 4.69) is 16.0 Å². The first kappa shape index (κ1) is 19.9. The zero-order valence-corrected chi connectivity index (χ0v) is 15.3. The first-order valence-corrected chi connectivity index (χ1v) is 9.03. The van der Waals surface area contributed by atoms with Crippen LogP contribution in [0.15, 0.2) is 30.3 Å². The first-order valence-electron chi connectivity index (χ1n) is 9.03. The lowest BCUT2D eigenvalue weighted by atomic mass is 10.0. The normalized spacial score (nSPS) is 15.8. The summed E-state index contributed by atoms with van der Waals surface area (Å²) < 4.78 is 0. The minimum atomic E-state index is -0.679. The molecule has 0 heterocycles. The summed E-state index contributed by atoms with van der Waals surface area (Å²) in [5.74, 6) is -1.01. The van der Waals surface area contributed by atoms with E-state index < -0.39 is 18.0 Å². The lowest BCUT2D eigenvalue weighted by Crippen LogP contribution is -2.52. The summed E-state index contributed by atoms with van der Waals surface area (Å²) in [5, 5.41) is 8.15. The lowest BCUT2D eigenvalue weighted by molar-refractivity contribution is -0.130. The van der Waals surface area contributed by atoms with Gasteiger partial charge in [0, 0.05) is 12.5 Å². The molecule has 0 aromatic heterocycles. The van der Waals surface area contributed by atoms with Gasteiger partial charge in [-0.05, 0) is 24.3 Å². The van der Waals surface area contributed by atoms with E-state index in [-0.39, 0.29) is 30.3 Å². The van der Waals surface area contributed by atoms with Gasteiger partial charge < -0.3 is 21.7 Å². The van der Waals surface area contributed by atoms with Crippen LogP contribution in [0.4, 0.5) is 0 Å². The quantitative estimate of drug-likeness (QED) is 0.500. The highest BCUT2D eigenvalue weighted by atomic mass is 16.2. The molecule has 0 bridgehead atoms. The van der Waals surface area contributed by atoms with Gasteiger partial charge in [-0.1, -0.05) is 44.2 Å². The van der Waals surface area contributed by atoms with E-state index >= 15 is 0 Å². The van der Waals surface area contributed by atoms with Crippen molar-refractivity contribution in [3.05, 3.63) is 35.9 Å². The van der Waals surface area contributed by atoms with Gasteiger partial charge in [-0.3, -0.25) is 14.4 Å². The van der Waals surface area contributed by atoms with Gasteiger partial charge >= 0.3 is 0 Å². The second kappa shape index (κ2) is 9.33. The summed E-state index contributed by atoms with van der Waals surface area (Å²) in [4.78, 5) is 36.5. The molecule has 3 amide bonds. The molecular formula is C19H28N4O3. The Morgan fingerprint density at radius 1 is 1.12 bits per heavy atom. The molecule has 142 valence electrons. The van der Waals surface area contributed by atoms with E-state index in [0.29, 0.717) is 6.42 Å². The molecule has 26 heavy (non-hydrogen) atoms. The fourth-order valence-electron chi connectivity index (χ4n) is 2.42. The van der Waals surface area contributed by atoms with Crippen LogP contribution in [0.25, 0.3) is 0 Å². The first-order chi connectivity index (χ1) is 12.4. The van der Waals surface area contributed by atoms with Gasteiger partial charge in [-0.2, -0.15) is 0 Å². The number of carbonyl (C=O) groups excluding carboxylic acids is 3. The minimum absolute atomic E-state index is 0.0202. The van der Waals surface area contributed by atoms with Gasteiger partial charge in [0.1, 0.15) is 6.04 Å². The van der Waals surface area contributed by atoms with Gasteiger partial charge in [0.05, 0.1) is 12.6 Å². The van der Waals surface area contributed by atoms with E-state index in [0.717, 1.165) is 18.4 Å². The lowest BCUT2D eigenvalue weighted by Gasteiger charge is -2.20. The molecule has 1 fully saturated rings. The highest BCUT2D eigenvalue weighted by molar-refractivity contribution is 5.91. The van der Waals surface area contributed by atoms with Crippen LogP contribution < -0.4 is 21.7 Å². The summed E-state index contributed by atoms with van der Waals surface area (Å²) in [6, 6.07) is 8.36. The molecule has 0 saturated heterocycles. The summed E-state index contributed by atoms with van der Waals surface area (Å²) in [7, 11) is 0. The van der Waals surface area contributed by atoms with Crippen molar-refractivity contribution >= 4 is 17.7 Å². The highest BCUT2D eigenvalue weighted by Gasteiger charge is 2.28. The Hall–Kier alpha value is -2.41. The molecule has 1 aliphatic carbocycles. The van der Waals surface area contributed by atoms with Gasteiger partial charge in [-0.25, -0.2) is 0 Å². The van der Waals surface area contributed by atoms with Crippen molar-refractivity contribution in [2.24, 2.45) is 11.7 Å². The molecule has 2 rings (SSSR count). The van der Waals surface area contributed by atoms with E-state index in [1.54, 1.807) is 0 Å². The van der Waals surface area contributed by atoms with Crippen LogP contribution in [0.5, 0.6) is 0 Å². The number of nitrogens with one attached hydrogen (secondary N) is 3. The van der Waals surface area contributed by atoms with Crippen molar-refractivity contribution < 1.29 is 14.4 Å². The Bertz CT molecular complexity index is 629. The highest BCUT2D eigenvalue weighted by Crippen LogP contribution is 2.19. The van der Waals surface area contributed by atoms with Crippen LogP contribution in [0.3, 0.4) is 0 Å². The zero-order chi connectivity index (χ0) is 19.1. The number of rotatable bonds is 9. The van der Waals surface area contributed by atoms with Gasteiger partial charge in [-0.15, -0.1) is 0 Å². The SMILES string of the molecule is CC(C)[C@H](N)C(=O)NCC(=O)NC(Cc1ccccc1)C(=O)NC1CC1. The van der Waals surface area contributed by atoms with E-state index in [9.17, 15) is 14.4 Å². The maximum Gasteiger partial charge on any atom is 0.243 e. The molecule has 0 aliphatic heterocycles. The number of hydrogen-bond acceptors (Lipinski definition) is 4. The number of benzene rings is 1. The van der Waals surface area contributed by atoms with E-state index in [1.165, 1.54) is 0 Å². The summed E-state index contributed by atoms with van der Waals surface area (Å²) in [5.41, 5.74) is 6.71. The molecule has 0 radical (unpaired) electrons. The van der Waals surface area contributed by atoms with Crippen LogP contribution >= 0.6 is 0 Å². The molecule has 0 spiro atoms. The maximum atomic E-state index is 12.4. The number of amides is 3. The van der Waals surface area contributed by atoms with Crippen LogP contribution in [0.1, 0.15) is 32.3 Å². The molecule has 7 heteroatoms. The largest absolute Gasteiger partial charge is 0.352 e. The summed E-state index contributed by atoms with van der Waals surface area (Å²) >= 11 is 0. The molecule has 1 saturated carbocycles. The Balaban J connectivity index is 1.90. The average Bonchev–Trinajstić information content (AvgIpc) is 3.43. The monoisotopic (exact) mass is 360 g/mol. The summed E-state index contributed by atoms with van der Waals surface area (Å²) in [6.07, 6.45) is 2.34. The van der Waals surface area contributed by atoms with Gasteiger partial charge in [0.2, 0.25) is 17.7 Å². The van der Waals surface area contributed by atoms with Crippen molar-refractivity contribution in [3.8, 4) is 0 Å². The second-order valence-electron chi connectivity index (χ2n) is 7.08. The smallest absolute Gasteiger partial charge is 0.243 e. The molecule has 7 nitrogen and oxygen atoms in total. The predicted molar refractivity (Wildman–Crippen MR) is 99.1 cm³/mol. The van der Waals surface area contributed by atoms with Gasteiger partial charge in [0.15, 0.2) is 0 Å². The van der Waals surface area contributed by atoms with Gasteiger partial charge in [0.25, 0.3) is 0 Å². The van der Waals surface area contributed by atoms with Crippen LogP contribution in [0, 0.1) is 5.92 Å². The third kappa shape index (κ3) is 6.48. The third-order valence-electron chi connectivity index (χ3n) is 4.30. The maximum absolute atomic E-state index is 12.4. The fraction of sp³-hybridized carbons (Fsp3) is 0.526. The standard InChI is InChI=1S/C19H28N4O3/c1-12(2)17(20)19(26)21-11-16(24)23-15(18(25)22-14-8-9-14)10-13-6-4-3-5-7-13/h3-7,12,14-15,17H,8-11,20H2,1-2H3,(H,21,26)(H,22,25)(H,23,24)/t15?,17-/m0/s1. The average molecular weight is 360 g/mol. The Morgan fingerprint density at radius 2 is 1.77 bits per heavy atom. The zero-order valence-electron chi connectivity index (χ0n) is 15.3. The third-order valence-corrected chi connectivity index (χ3v) is 4.30. The molecular weight excluding hydrogens is 332 g/mol. The second-order valence-corrected chi connectivity index (χ2v) is 7.08. The molecule has 5 N–H and O–H groups in total. The Kier molecular flexibility index (Phi) is 7.15. The Labute approximate surface area is 154 Å². The topological polar surface area (TPSA) is 113 Å². The Morgan fingerprint density at radius 3 is 2.35 bits per heavy atom. The van der Waals surface area contributed by atoms with Crippen molar-refractivity contribution in [1.82, 2.24) is 16.0 Å². The van der Waals surface area contributed by atoms with Crippen LogP contribution in [0.2, 0.25) is 0 Å². The number of carbonyl (C=O) groups is 3. The van der Waals surface area contributed by atoms with E-state index in [4.69, 9.17) is 5.73 Å². The number of nitrogens with two attached hydrogens (primary N) is 1. The van der Waals surface area contributed by atoms with Crippen molar-refractivity contribution in [1.29, 1.82) is 0 Å². The van der Waals surface area contributed by atoms with Crippen molar-refractivity contribution in [2.45, 2.75) is 51.2 Å². The van der Waals surface area contributed by atoms with E-state index in [1.807, 2.05) is 44.2 Å². The van der Waals surface area contributed by atoms with Crippen molar-refractivity contribution in [2.75, 3.05) is 6.54 Å².